The van der Waals surface area contributed by atoms with E-state index in [9.17, 15) is 4.79 Å². The van der Waals surface area contributed by atoms with Crippen molar-refractivity contribution in [2.75, 3.05) is 36.9 Å². The second kappa shape index (κ2) is 9.51. The van der Waals surface area contributed by atoms with Crippen LogP contribution in [0, 0.1) is 12.8 Å². The van der Waals surface area contributed by atoms with Crippen molar-refractivity contribution in [1.29, 1.82) is 0 Å². The first kappa shape index (κ1) is 23.5. The van der Waals surface area contributed by atoms with E-state index in [1.807, 2.05) is 12.3 Å². The zero-order valence-corrected chi connectivity index (χ0v) is 21.3. The maximum atomic E-state index is 13.2. The largest absolute Gasteiger partial charge is 0.396 e. The molecule has 2 N–H and O–H groups in total. The molecule has 0 aromatic carbocycles. The van der Waals surface area contributed by atoms with E-state index in [1.165, 1.54) is 25.7 Å². The number of hydrogen-bond acceptors (Lipinski definition) is 6. The van der Waals surface area contributed by atoms with Crippen molar-refractivity contribution >= 4 is 23.5 Å². The van der Waals surface area contributed by atoms with E-state index in [0.717, 1.165) is 78.7 Å². The molecular weight excluding hydrogens is 450 g/mol. The predicted molar refractivity (Wildman–Crippen MR) is 143 cm³/mol. The Labute approximate surface area is 213 Å². The monoisotopic (exact) mass is 487 g/mol. The average molecular weight is 488 g/mol. The molecular formula is C29H37N5O2. The van der Waals surface area contributed by atoms with Crippen LogP contribution in [-0.2, 0) is 9.53 Å². The van der Waals surface area contributed by atoms with Gasteiger partial charge in [-0.1, -0.05) is 6.58 Å². The lowest BCUT2D eigenvalue weighted by Crippen LogP contribution is -2.57. The van der Waals surface area contributed by atoms with Gasteiger partial charge in [-0.25, -0.2) is 4.98 Å². The van der Waals surface area contributed by atoms with Crippen molar-refractivity contribution in [3.63, 3.8) is 0 Å². The second-order valence-corrected chi connectivity index (χ2v) is 11.0. The molecule has 0 spiro atoms. The van der Waals surface area contributed by atoms with Crippen LogP contribution in [0.15, 0.2) is 24.9 Å². The molecule has 2 saturated carbocycles. The van der Waals surface area contributed by atoms with Gasteiger partial charge in [0, 0.05) is 43.9 Å². The van der Waals surface area contributed by atoms with Crippen LogP contribution in [0.5, 0.6) is 0 Å². The molecule has 2 aliphatic carbocycles. The Morgan fingerprint density at radius 2 is 2.08 bits per heavy atom. The number of nitrogens with zero attached hydrogens (tertiary/aromatic N) is 4. The minimum atomic E-state index is 0.0961. The van der Waals surface area contributed by atoms with E-state index in [2.05, 4.69) is 34.4 Å². The van der Waals surface area contributed by atoms with Crippen LogP contribution >= 0.6 is 0 Å². The highest BCUT2D eigenvalue weighted by Crippen LogP contribution is 2.48. The Hall–Kier alpha value is -2.93. The number of hydrogen-bond donors (Lipinski definition) is 1. The van der Waals surface area contributed by atoms with Crippen LogP contribution in [-0.4, -0.2) is 59.2 Å². The molecule has 0 radical (unpaired) electrons. The third-order valence-corrected chi connectivity index (χ3v) is 8.38. The lowest BCUT2D eigenvalue weighted by molar-refractivity contribution is -0.136. The van der Waals surface area contributed by atoms with Crippen LogP contribution < -0.4 is 10.6 Å². The van der Waals surface area contributed by atoms with E-state index in [4.69, 9.17) is 15.5 Å². The summed E-state index contributed by atoms with van der Waals surface area (Å²) >= 11 is 0. The highest BCUT2D eigenvalue weighted by atomic mass is 16.5. The van der Waals surface area contributed by atoms with Crippen LogP contribution in [0.4, 0.5) is 11.5 Å². The summed E-state index contributed by atoms with van der Waals surface area (Å²) in [7, 11) is 0. The minimum absolute atomic E-state index is 0.0961. The Bertz CT molecular complexity index is 1170. The molecule has 36 heavy (non-hydrogen) atoms. The van der Waals surface area contributed by atoms with E-state index < -0.39 is 0 Å². The molecule has 2 saturated heterocycles. The molecule has 1 amide bonds. The van der Waals surface area contributed by atoms with Crippen molar-refractivity contribution in [3.05, 3.63) is 41.9 Å². The minimum Gasteiger partial charge on any atom is -0.396 e. The van der Waals surface area contributed by atoms with Crippen molar-refractivity contribution in [2.45, 2.75) is 69.9 Å². The molecule has 7 heteroatoms. The Morgan fingerprint density at radius 1 is 1.25 bits per heavy atom. The first-order valence-electron chi connectivity index (χ1n) is 13.6. The summed E-state index contributed by atoms with van der Waals surface area (Å²) in [6.45, 7) is 9.07. The number of carbonyl (C=O) groups is 1. The van der Waals surface area contributed by atoms with Gasteiger partial charge < -0.3 is 20.3 Å². The highest BCUT2D eigenvalue weighted by Gasteiger charge is 2.42. The summed E-state index contributed by atoms with van der Waals surface area (Å²) in [6, 6.07) is 4.35. The van der Waals surface area contributed by atoms with E-state index in [1.54, 1.807) is 6.08 Å². The molecule has 1 unspecified atom stereocenters. The third kappa shape index (κ3) is 4.49. The van der Waals surface area contributed by atoms with Crippen molar-refractivity contribution in [3.8, 4) is 11.1 Å². The zero-order valence-electron chi connectivity index (χ0n) is 21.3. The molecule has 4 fully saturated rings. The third-order valence-electron chi connectivity index (χ3n) is 8.38. The molecule has 4 aliphatic rings. The van der Waals surface area contributed by atoms with Gasteiger partial charge in [-0.15, -0.1) is 0 Å². The molecule has 190 valence electrons. The predicted octanol–water partition coefficient (Wildman–Crippen LogP) is 4.55. The number of aromatic nitrogens is 2. The van der Waals surface area contributed by atoms with Gasteiger partial charge in [0.15, 0.2) is 5.82 Å². The summed E-state index contributed by atoms with van der Waals surface area (Å²) < 4.78 is 5.75. The van der Waals surface area contributed by atoms with Gasteiger partial charge in [0.05, 0.1) is 35.6 Å². The van der Waals surface area contributed by atoms with Gasteiger partial charge in [-0.2, -0.15) is 0 Å². The Morgan fingerprint density at radius 3 is 2.78 bits per heavy atom. The fourth-order valence-corrected chi connectivity index (χ4v) is 6.01. The van der Waals surface area contributed by atoms with Gasteiger partial charge in [0.2, 0.25) is 5.91 Å². The van der Waals surface area contributed by atoms with Gasteiger partial charge in [-0.3, -0.25) is 9.78 Å². The quantitative estimate of drug-likeness (QED) is 0.617. The topological polar surface area (TPSA) is 84.6 Å². The molecule has 2 aromatic rings. The number of carbonyl (C=O) groups excluding carboxylic acids is 1. The highest BCUT2D eigenvalue weighted by molar-refractivity contribution is 5.82. The van der Waals surface area contributed by atoms with Crippen LogP contribution in [0.25, 0.3) is 17.2 Å². The van der Waals surface area contributed by atoms with Crippen molar-refractivity contribution in [2.24, 2.45) is 5.92 Å². The average Bonchev–Trinajstić information content (AvgIpc) is 3.84. The van der Waals surface area contributed by atoms with Crippen LogP contribution in [0.3, 0.4) is 0 Å². The molecule has 7 nitrogen and oxygen atoms in total. The smallest absolute Gasteiger partial charge is 0.225 e. The van der Waals surface area contributed by atoms with E-state index in [0.29, 0.717) is 18.3 Å². The molecule has 6 rings (SSSR count). The fraction of sp³-hybridized carbons (Fsp3) is 0.552. The first-order chi connectivity index (χ1) is 17.5. The van der Waals surface area contributed by atoms with Gasteiger partial charge in [0.1, 0.15) is 0 Å². The van der Waals surface area contributed by atoms with Crippen molar-refractivity contribution in [1.82, 2.24) is 14.9 Å². The van der Waals surface area contributed by atoms with E-state index in [-0.39, 0.29) is 18.1 Å². The van der Waals surface area contributed by atoms with Gasteiger partial charge in [0.25, 0.3) is 0 Å². The Balaban J connectivity index is 1.29. The molecule has 2 aromatic heterocycles. The number of ether oxygens (including phenoxy) is 1. The number of piperazine rings is 1. The second-order valence-electron chi connectivity index (χ2n) is 11.0. The number of nitrogens with two attached hydrogens (primary N) is 1. The standard InChI is InChI=1S/C29H37N5O2/c1-3-22-15-21(10-11-31-22)26-18(2)27(30)29(32-28(26)20-8-9-20)33-12-13-34(24(17-33)19-6-7-19)25(35)16-23-5-4-14-36-23/h3,10-11,15,19-20,23-24H,1,4-9,12-14,16-17,30H2,2H3/t23?,24-/m0/s1. The fourth-order valence-electron chi connectivity index (χ4n) is 6.01. The first-order valence-corrected chi connectivity index (χ1v) is 13.6. The van der Waals surface area contributed by atoms with Crippen LogP contribution in [0.1, 0.15) is 67.8 Å². The number of anilines is 2. The molecule has 0 bridgehead atoms. The van der Waals surface area contributed by atoms with Gasteiger partial charge >= 0.3 is 0 Å². The molecule has 2 atom stereocenters. The molecule has 4 heterocycles. The van der Waals surface area contributed by atoms with E-state index >= 15 is 0 Å². The summed E-state index contributed by atoms with van der Waals surface area (Å²) in [5, 5.41) is 0. The maximum Gasteiger partial charge on any atom is 0.225 e. The number of pyridine rings is 2. The van der Waals surface area contributed by atoms with Gasteiger partial charge in [-0.05, 0) is 80.7 Å². The molecule has 2 aliphatic heterocycles. The van der Waals surface area contributed by atoms with Crippen LogP contribution in [0.2, 0.25) is 0 Å². The summed E-state index contributed by atoms with van der Waals surface area (Å²) in [4.78, 5) is 27.4. The van der Waals surface area contributed by atoms with Crippen molar-refractivity contribution < 1.29 is 9.53 Å². The normalized spacial score (nSPS) is 24.2. The zero-order chi connectivity index (χ0) is 24.8. The lowest BCUT2D eigenvalue weighted by atomic mass is 9.95. The lowest BCUT2D eigenvalue weighted by Gasteiger charge is -2.43. The number of amides is 1. The number of rotatable bonds is 7. The summed E-state index contributed by atoms with van der Waals surface area (Å²) in [5.74, 6) is 2.21. The Kier molecular flexibility index (Phi) is 6.20. The summed E-state index contributed by atoms with van der Waals surface area (Å²) in [6.07, 6.45) is 11.0. The summed E-state index contributed by atoms with van der Waals surface area (Å²) in [5.41, 5.74) is 12.9. The maximum absolute atomic E-state index is 13.2. The number of nitrogen functional groups attached to an aromatic ring is 1. The SMILES string of the molecule is C=Cc1cc(-c2c(C3CC3)nc(N3CCN(C(=O)CC4CCCO4)[C@H](C4CC4)C3)c(N)c2C)ccn1.